The van der Waals surface area contributed by atoms with Crippen molar-refractivity contribution in [2.45, 2.75) is 43.4 Å². The van der Waals surface area contributed by atoms with Gasteiger partial charge >= 0.3 is 5.97 Å². The van der Waals surface area contributed by atoms with E-state index >= 15 is 0 Å². The first-order valence-corrected chi connectivity index (χ1v) is 13.3. The zero-order valence-electron chi connectivity index (χ0n) is 20.8. The lowest BCUT2D eigenvalue weighted by Crippen LogP contribution is -2.56. The van der Waals surface area contributed by atoms with Gasteiger partial charge in [-0.3, -0.25) is 19.3 Å². The normalized spacial score (nSPS) is 34.3. The third kappa shape index (κ3) is 4.60. The number of morpholine rings is 1. The van der Waals surface area contributed by atoms with E-state index in [0.29, 0.717) is 45.7 Å². The molecule has 3 fully saturated rings. The number of carbonyl (C=O) groups is 3. The Hall–Kier alpha value is -2.27. The van der Waals surface area contributed by atoms with Crippen LogP contribution in [0.15, 0.2) is 24.3 Å². The summed E-state index contributed by atoms with van der Waals surface area (Å²) >= 11 is 0. The first-order valence-electron chi connectivity index (χ1n) is 13.3. The Balaban J connectivity index is 1.41. The van der Waals surface area contributed by atoms with E-state index < -0.39 is 35.6 Å². The van der Waals surface area contributed by atoms with Gasteiger partial charge < -0.3 is 29.1 Å². The van der Waals surface area contributed by atoms with Gasteiger partial charge in [0.25, 0.3) is 0 Å². The molecule has 0 aromatic rings. The Kier molecular flexibility index (Phi) is 7.76. The fraction of sp³-hybridized carbons (Fsp3) is 0.731. The van der Waals surface area contributed by atoms with Gasteiger partial charge in [-0.15, -0.1) is 0 Å². The van der Waals surface area contributed by atoms with Crippen LogP contribution < -0.4 is 0 Å². The van der Waals surface area contributed by atoms with Gasteiger partial charge in [0.05, 0.1) is 25.2 Å². The molecule has 0 aromatic carbocycles. The standard InChI is InChI=1S/C26H37N3O7/c30-15-4-2-1-3-10-29-22-24(32)28(12-11-27-13-17-34-18-14-27)9-6-8-26(22)21(23(29)31)20-19(36-26)7-5-16-35-25(20)33/h5-8,19-22,30H,1-4,9-18H2/t19-,20+,21+,22-,26?/m1/s1. The molecule has 2 amide bonds. The van der Waals surface area contributed by atoms with Gasteiger partial charge in [-0.25, -0.2) is 0 Å². The fourth-order valence-corrected chi connectivity index (χ4v) is 6.29. The lowest BCUT2D eigenvalue weighted by Gasteiger charge is -2.36. The zero-order valence-corrected chi connectivity index (χ0v) is 20.8. The molecule has 10 nitrogen and oxygen atoms in total. The molecule has 0 bridgehead atoms. The minimum atomic E-state index is -1.19. The average Bonchev–Trinajstić information content (AvgIpc) is 3.18. The minimum Gasteiger partial charge on any atom is -0.461 e. The topological polar surface area (TPSA) is 109 Å². The van der Waals surface area contributed by atoms with Crippen LogP contribution in [0.4, 0.5) is 0 Å². The molecule has 36 heavy (non-hydrogen) atoms. The Morgan fingerprint density at radius 2 is 1.78 bits per heavy atom. The predicted molar refractivity (Wildman–Crippen MR) is 129 cm³/mol. The van der Waals surface area contributed by atoms with Gasteiger partial charge in [-0.2, -0.15) is 0 Å². The van der Waals surface area contributed by atoms with Gasteiger partial charge in [0.1, 0.15) is 24.2 Å². The number of aliphatic hydroxyl groups excluding tert-OH is 1. The highest BCUT2D eigenvalue weighted by Gasteiger charge is 2.71. The summed E-state index contributed by atoms with van der Waals surface area (Å²) < 4.78 is 17.3. The molecule has 0 aliphatic carbocycles. The number of unbranched alkanes of at least 4 members (excludes halogenated alkanes) is 3. The van der Waals surface area contributed by atoms with E-state index in [1.54, 1.807) is 17.1 Å². The molecule has 5 rings (SSSR count). The summed E-state index contributed by atoms with van der Waals surface area (Å²) in [5, 5.41) is 9.08. The van der Waals surface area contributed by atoms with Crippen molar-refractivity contribution in [2.75, 3.05) is 65.7 Å². The number of rotatable bonds is 9. The Morgan fingerprint density at radius 3 is 2.58 bits per heavy atom. The SMILES string of the molecule is O=C1OCC=C[C@H]2OC34C=CCN(CCN5CCOCC5)C(=O)[C@H]3N(CCCCCCO)C(=O)[C@@H]4[C@@H]12. The summed E-state index contributed by atoms with van der Waals surface area (Å²) in [5.74, 6) is -2.35. The number of nitrogens with zero attached hydrogens (tertiary/aromatic N) is 3. The summed E-state index contributed by atoms with van der Waals surface area (Å²) in [7, 11) is 0. The lowest BCUT2D eigenvalue weighted by atomic mass is 9.78. The minimum absolute atomic E-state index is 0.131. The number of ether oxygens (including phenoxy) is 3. The van der Waals surface area contributed by atoms with Crippen LogP contribution >= 0.6 is 0 Å². The summed E-state index contributed by atoms with van der Waals surface area (Å²) in [6.45, 7) is 5.51. The molecule has 198 valence electrons. The molecular weight excluding hydrogens is 466 g/mol. The van der Waals surface area contributed by atoms with Crippen LogP contribution in [0.3, 0.4) is 0 Å². The monoisotopic (exact) mass is 503 g/mol. The predicted octanol–water partition coefficient (Wildman–Crippen LogP) is -0.0365. The highest BCUT2D eigenvalue weighted by atomic mass is 16.6. The van der Waals surface area contributed by atoms with Crippen LogP contribution in [0.2, 0.25) is 0 Å². The van der Waals surface area contributed by atoms with Crippen molar-refractivity contribution in [3.8, 4) is 0 Å². The maximum absolute atomic E-state index is 14.1. The van der Waals surface area contributed by atoms with Crippen LogP contribution in [0.5, 0.6) is 0 Å². The number of aliphatic hydroxyl groups is 1. The first kappa shape index (κ1) is 25.4. The largest absolute Gasteiger partial charge is 0.461 e. The highest BCUT2D eigenvalue weighted by molar-refractivity contribution is 5.99. The Labute approximate surface area is 211 Å². The second-order valence-electron chi connectivity index (χ2n) is 10.2. The molecule has 0 aromatic heterocycles. The average molecular weight is 504 g/mol. The fourth-order valence-electron chi connectivity index (χ4n) is 6.29. The van der Waals surface area contributed by atoms with Crippen molar-refractivity contribution in [3.63, 3.8) is 0 Å². The summed E-state index contributed by atoms with van der Waals surface area (Å²) in [6, 6.07) is -0.815. The van der Waals surface area contributed by atoms with Crippen LogP contribution in [0.25, 0.3) is 0 Å². The maximum atomic E-state index is 14.1. The third-order valence-corrected chi connectivity index (χ3v) is 8.09. The van der Waals surface area contributed by atoms with E-state index in [4.69, 9.17) is 19.3 Å². The quantitative estimate of drug-likeness (QED) is 0.265. The second-order valence-corrected chi connectivity index (χ2v) is 10.2. The lowest BCUT2D eigenvalue weighted by molar-refractivity contribution is -0.153. The molecular formula is C26H37N3O7. The van der Waals surface area contributed by atoms with Gasteiger partial charge in [0.15, 0.2) is 0 Å². The second kappa shape index (κ2) is 11.0. The number of hydrogen-bond donors (Lipinski definition) is 1. The van der Waals surface area contributed by atoms with Crippen molar-refractivity contribution in [1.29, 1.82) is 0 Å². The van der Waals surface area contributed by atoms with E-state index in [9.17, 15) is 14.4 Å². The molecule has 0 radical (unpaired) electrons. The number of carbonyl (C=O) groups excluding carboxylic acids is 3. The van der Waals surface area contributed by atoms with E-state index in [1.807, 2.05) is 17.1 Å². The van der Waals surface area contributed by atoms with Crippen LogP contribution in [-0.4, -0.2) is 121 Å². The molecule has 5 heterocycles. The Bertz CT molecular complexity index is 902. The smallest absolute Gasteiger partial charge is 0.313 e. The molecule has 5 aliphatic rings. The van der Waals surface area contributed by atoms with Crippen molar-refractivity contribution in [3.05, 3.63) is 24.3 Å². The van der Waals surface area contributed by atoms with Crippen molar-refractivity contribution >= 4 is 17.8 Å². The van der Waals surface area contributed by atoms with Crippen LogP contribution in [0.1, 0.15) is 25.7 Å². The summed E-state index contributed by atoms with van der Waals surface area (Å²) in [5.41, 5.74) is -1.19. The number of amides is 2. The maximum Gasteiger partial charge on any atom is 0.313 e. The molecule has 1 N–H and O–H groups in total. The van der Waals surface area contributed by atoms with Crippen molar-refractivity contribution < 1.29 is 33.7 Å². The molecule has 10 heteroatoms. The number of likely N-dealkylation sites (tertiary alicyclic amines) is 1. The molecule has 1 spiro atoms. The number of esters is 1. The third-order valence-electron chi connectivity index (χ3n) is 8.09. The molecule has 5 aliphatic heterocycles. The van der Waals surface area contributed by atoms with Gasteiger partial charge in [0, 0.05) is 45.9 Å². The van der Waals surface area contributed by atoms with E-state index in [1.165, 1.54) is 0 Å². The zero-order chi connectivity index (χ0) is 25.1. The summed E-state index contributed by atoms with van der Waals surface area (Å²) in [6.07, 6.45) is 9.87. The van der Waals surface area contributed by atoms with E-state index in [0.717, 1.165) is 32.5 Å². The Morgan fingerprint density at radius 1 is 0.972 bits per heavy atom. The van der Waals surface area contributed by atoms with Crippen molar-refractivity contribution in [1.82, 2.24) is 14.7 Å². The van der Waals surface area contributed by atoms with Crippen LogP contribution in [-0.2, 0) is 28.6 Å². The van der Waals surface area contributed by atoms with E-state index in [2.05, 4.69) is 4.90 Å². The van der Waals surface area contributed by atoms with Gasteiger partial charge in [0.2, 0.25) is 11.8 Å². The van der Waals surface area contributed by atoms with Crippen LogP contribution in [0, 0.1) is 11.8 Å². The summed E-state index contributed by atoms with van der Waals surface area (Å²) in [4.78, 5) is 46.7. The highest BCUT2D eigenvalue weighted by Crippen LogP contribution is 2.53. The number of fused-ring (bicyclic) bond motifs is 2. The number of cyclic esters (lactones) is 1. The number of hydrogen-bond acceptors (Lipinski definition) is 8. The van der Waals surface area contributed by atoms with Gasteiger partial charge in [-0.1, -0.05) is 31.1 Å². The molecule has 3 saturated heterocycles. The molecule has 0 saturated carbocycles. The first-order chi connectivity index (χ1) is 17.6. The van der Waals surface area contributed by atoms with Gasteiger partial charge in [-0.05, 0) is 18.9 Å². The molecule has 1 unspecified atom stereocenters. The van der Waals surface area contributed by atoms with Crippen molar-refractivity contribution in [2.24, 2.45) is 11.8 Å². The van der Waals surface area contributed by atoms with E-state index in [-0.39, 0.29) is 25.0 Å². The molecule has 5 atom stereocenters.